The van der Waals surface area contributed by atoms with Crippen molar-refractivity contribution in [3.63, 3.8) is 0 Å². The molecule has 0 radical (unpaired) electrons. The van der Waals surface area contributed by atoms with Crippen molar-refractivity contribution in [1.29, 1.82) is 0 Å². The maximum absolute atomic E-state index is 5.85. The molecular formula is C18H19N3. The fraction of sp³-hybridized carbons (Fsp3) is 0.167. The molecule has 0 aliphatic heterocycles. The van der Waals surface area contributed by atoms with Gasteiger partial charge in [-0.15, -0.1) is 0 Å². The molecule has 3 aromatic rings. The Morgan fingerprint density at radius 1 is 1.00 bits per heavy atom. The smallest absolute Gasteiger partial charge is 0.139 e. The van der Waals surface area contributed by atoms with Gasteiger partial charge in [0, 0.05) is 30.2 Å². The molecule has 2 aromatic carbocycles. The van der Waals surface area contributed by atoms with Gasteiger partial charge in [-0.2, -0.15) is 0 Å². The monoisotopic (exact) mass is 277 g/mol. The molecule has 0 atom stereocenters. The van der Waals surface area contributed by atoms with E-state index in [1.165, 1.54) is 5.56 Å². The summed E-state index contributed by atoms with van der Waals surface area (Å²) in [5.74, 6) is 0.982. The van der Waals surface area contributed by atoms with Gasteiger partial charge in [-0.1, -0.05) is 42.5 Å². The summed E-state index contributed by atoms with van der Waals surface area (Å²) in [6.07, 6.45) is 6.05. The van der Waals surface area contributed by atoms with Crippen LogP contribution >= 0.6 is 0 Å². The van der Waals surface area contributed by atoms with E-state index in [-0.39, 0.29) is 0 Å². The summed E-state index contributed by atoms with van der Waals surface area (Å²) in [5.41, 5.74) is 9.07. The minimum absolute atomic E-state index is 0.770. The Bertz CT molecular complexity index is 701. The highest BCUT2D eigenvalue weighted by Gasteiger charge is 2.06. The Balaban J connectivity index is 1.69. The van der Waals surface area contributed by atoms with Gasteiger partial charge in [0.25, 0.3) is 0 Å². The van der Waals surface area contributed by atoms with Gasteiger partial charge in [-0.05, 0) is 30.5 Å². The lowest BCUT2D eigenvalue weighted by Crippen LogP contribution is -2.01. The number of hydrogen-bond acceptors (Lipinski definition) is 2. The lowest BCUT2D eigenvalue weighted by atomic mass is 10.1. The number of hydrogen-bond donors (Lipinski definition) is 1. The van der Waals surface area contributed by atoms with Crippen molar-refractivity contribution in [1.82, 2.24) is 9.55 Å². The molecule has 106 valence electrons. The van der Waals surface area contributed by atoms with Crippen LogP contribution < -0.4 is 5.73 Å². The minimum atomic E-state index is 0.770. The maximum atomic E-state index is 5.85. The molecule has 3 heteroatoms. The van der Waals surface area contributed by atoms with E-state index >= 15 is 0 Å². The van der Waals surface area contributed by atoms with Crippen LogP contribution in [0.15, 0.2) is 67.0 Å². The first-order valence-electron chi connectivity index (χ1n) is 7.24. The number of nitrogen functional groups attached to an aromatic ring is 1. The normalized spacial score (nSPS) is 10.7. The summed E-state index contributed by atoms with van der Waals surface area (Å²) < 4.78 is 2.19. The van der Waals surface area contributed by atoms with Gasteiger partial charge in [-0.3, -0.25) is 0 Å². The standard InChI is InChI=1S/C18H19N3/c19-17-10-4-9-16(14-17)18-20-11-13-21(18)12-5-8-15-6-2-1-3-7-15/h1-4,6-7,9-11,13-14H,5,8,12,19H2. The van der Waals surface area contributed by atoms with E-state index < -0.39 is 0 Å². The summed E-state index contributed by atoms with van der Waals surface area (Å²) >= 11 is 0. The zero-order valence-electron chi connectivity index (χ0n) is 11.9. The fourth-order valence-corrected chi connectivity index (χ4v) is 2.53. The molecule has 0 amide bonds. The highest BCUT2D eigenvalue weighted by molar-refractivity contribution is 5.61. The van der Waals surface area contributed by atoms with E-state index in [1.54, 1.807) is 0 Å². The number of nitrogens with two attached hydrogens (primary N) is 1. The van der Waals surface area contributed by atoms with Gasteiger partial charge in [0.2, 0.25) is 0 Å². The molecule has 0 aliphatic carbocycles. The number of rotatable bonds is 5. The second-order valence-corrected chi connectivity index (χ2v) is 5.16. The Hall–Kier alpha value is -2.55. The molecular weight excluding hydrogens is 258 g/mol. The largest absolute Gasteiger partial charge is 0.399 e. The zero-order valence-corrected chi connectivity index (χ0v) is 11.9. The van der Waals surface area contributed by atoms with E-state index in [1.807, 2.05) is 36.7 Å². The quantitative estimate of drug-likeness (QED) is 0.721. The number of aryl methyl sites for hydroxylation is 2. The predicted molar refractivity (Wildman–Crippen MR) is 86.8 cm³/mol. The summed E-state index contributed by atoms with van der Waals surface area (Å²) in [5, 5.41) is 0. The molecule has 1 aromatic heterocycles. The number of benzene rings is 2. The van der Waals surface area contributed by atoms with Gasteiger partial charge in [0.05, 0.1) is 0 Å². The topological polar surface area (TPSA) is 43.8 Å². The maximum Gasteiger partial charge on any atom is 0.139 e. The molecule has 0 bridgehead atoms. The number of aromatic nitrogens is 2. The average Bonchev–Trinajstić information content (AvgIpc) is 2.97. The highest BCUT2D eigenvalue weighted by Crippen LogP contribution is 2.20. The van der Waals surface area contributed by atoms with Crippen LogP contribution in [0.1, 0.15) is 12.0 Å². The number of imidazole rings is 1. The van der Waals surface area contributed by atoms with E-state index in [0.717, 1.165) is 36.5 Å². The summed E-state index contributed by atoms with van der Waals surface area (Å²) in [6, 6.07) is 18.5. The van der Waals surface area contributed by atoms with Crippen LogP contribution in [0.25, 0.3) is 11.4 Å². The van der Waals surface area contributed by atoms with Gasteiger partial charge in [0.1, 0.15) is 5.82 Å². The van der Waals surface area contributed by atoms with Crippen molar-refractivity contribution >= 4 is 5.69 Å². The van der Waals surface area contributed by atoms with Crippen molar-refractivity contribution in [2.45, 2.75) is 19.4 Å². The zero-order chi connectivity index (χ0) is 14.5. The molecule has 21 heavy (non-hydrogen) atoms. The second-order valence-electron chi connectivity index (χ2n) is 5.16. The van der Waals surface area contributed by atoms with Gasteiger partial charge in [-0.25, -0.2) is 4.98 Å². The Labute approximate surface area is 125 Å². The number of nitrogens with zero attached hydrogens (tertiary/aromatic N) is 2. The Morgan fingerprint density at radius 2 is 1.86 bits per heavy atom. The molecule has 3 rings (SSSR count). The third-order valence-electron chi connectivity index (χ3n) is 3.57. The Kier molecular flexibility index (Phi) is 4.01. The second kappa shape index (κ2) is 6.27. The highest BCUT2D eigenvalue weighted by atomic mass is 15.1. The van der Waals surface area contributed by atoms with E-state index in [2.05, 4.69) is 39.9 Å². The van der Waals surface area contributed by atoms with Crippen LogP contribution in [0.2, 0.25) is 0 Å². The van der Waals surface area contributed by atoms with Crippen molar-refractivity contribution in [3.05, 3.63) is 72.6 Å². The molecule has 0 saturated heterocycles. The molecule has 0 unspecified atom stereocenters. The molecule has 0 aliphatic rings. The first-order valence-corrected chi connectivity index (χ1v) is 7.24. The van der Waals surface area contributed by atoms with E-state index in [4.69, 9.17) is 5.73 Å². The first kappa shape index (κ1) is 13.4. The molecule has 3 nitrogen and oxygen atoms in total. The third-order valence-corrected chi connectivity index (χ3v) is 3.57. The number of anilines is 1. The van der Waals surface area contributed by atoms with Crippen LogP contribution in [0.5, 0.6) is 0 Å². The van der Waals surface area contributed by atoms with Crippen molar-refractivity contribution in [2.24, 2.45) is 0 Å². The lowest BCUT2D eigenvalue weighted by Gasteiger charge is -2.08. The summed E-state index contributed by atoms with van der Waals surface area (Å²) in [7, 11) is 0. The van der Waals surface area contributed by atoms with Crippen molar-refractivity contribution in [2.75, 3.05) is 5.73 Å². The van der Waals surface area contributed by atoms with Gasteiger partial charge < -0.3 is 10.3 Å². The summed E-state index contributed by atoms with van der Waals surface area (Å²) in [4.78, 5) is 4.46. The van der Waals surface area contributed by atoms with Crippen molar-refractivity contribution < 1.29 is 0 Å². The van der Waals surface area contributed by atoms with Gasteiger partial charge in [0.15, 0.2) is 0 Å². The van der Waals surface area contributed by atoms with Crippen LogP contribution in [-0.2, 0) is 13.0 Å². The van der Waals surface area contributed by atoms with Crippen LogP contribution in [-0.4, -0.2) is 9.55 Å². The van der Waals surface area contributed by atoms with Gasteiger partial charge >= 0.3 is 0 Å². The average molecular weight is 277 g/mol. The van der Waals surface area contributed by atoms with E-state index in [0.29, 0.717) is 0 Å². The first-order chi connectivity index (χ1) is 10.3. The van der Waals surface area contributed by atoms with Crippen LogP contribution in [0.4, 0.5) is 5.69 Å². The summed E-state index contributed by atoms with van der Waals surface area (Å²) in [6.45, 7) is 0.957. The van der Waals surface area contributed by atoms with Crippen molar-refractivity contribution in [3.8, 4) is 11.4 Å². The van der Waals surface area contributed by atoms with E-state index in [9.17, 15) is 0 Å². The SMILES string of the molecule is Nc1cccc(-c2nccn2CCCc2ccccc2)c1. The third kappa shape index (κ3) is 3.31. The van der Waals surface area contributed by atoms with Crippen LogP contribution in [0, 0.1) is 0 Å². The molecule has 2 N–H and O–H groups in total. The Morgan fingerprint density at radius 3 is 2.67 bits per heavy atom. The molecule has 0 saturated carbocycles. The predicted octanol–water partition coefficient (Wildman–Crippen LogP) is 3.77. The molecule has 0 fully saturated rings. The molecule has 0 spiro atoms. The minimum Gasteiger partial charge on any atom is -0.399 e. The lowest BCUT2D eigenvalue weighted by molar-refractivity contribution is 0.648. The fourth-order valence-electron chi connectivity index (χ4n) is 2.53. The van der Waals surface area contributed by atoms with Crippen LogP contribution in [0.3, 0.4) is 0 Å². The molecule has 1 heterocycles.